The first-order valence-corrected chi connectivity index (χ1v) is 7.00. The number of carbonyl (C=O) groups is 1. The minimum atomic E-state index is -0.241. The van der Waals surface area contributed by atoms with Gasteiger partial charge in [-0.2, -0.15) is 0 Å². The van der Waals surface area contributed by atoms with E-state index in [-0.39, 0.29) is 11.4 Å². The smallest absolute Gasteiger partial charge is 0.222 e. The van der Waals surface area contributed by atoms with Crippen molar-refractivity contribution in [3.8, 4) is 0 Å². The summed E-state index contributed by atoms with van der Waals surface area (Å²) in [7, 11) is 0. The van der Waals surface area contributed by atoms with E-state index in [1.807, 2.05) is 0 Å². The molecule has 1 amide bonds. The summed E-state index contributed by atoms with van der Waals surface area (Å²) in [6.45, 7) is 2.71. The molecule has 4 heteroatoms. The van der Waals surface area contributed by atoms with E-state index in [2.05, 4.69) is 24.4 Å². The van der Waals surface area contributed by atoms with Crippen LogP contribution in [0.15, 0.2) is 12.1 Å². The molecule has 1 aliphatic carbocycles. The van der Waals surface area contributed by atoms with Crippen LogP contribution < -0.4 is 11.1 Å². The lowest BCUT2D eigenvalue weighted by molar-refractivity contribution is -0.122. The van der Waals surface area contributed by atoms with Gasteiger partial charge in [-0.05, 0) is 31.9 Å². The van der Waals surface area contributed by atoms with Crippen molar-refractivity contribution in [3.63, 3.8) is 0 Å². The number of amides is 1. The van der Waals surface area contributed by atoms with E-state index in [4.69, 9.17) is 5.73 Å². The Morgan fingerprint density at radius 1 is 1.47 bits per heavy atom. The molecule has 0 atom stereocenters. The van der Waals surface area contributed by atoms with Gasteiger partial charge in [0.2, 0.25) is 5.91 Å². The molecule has 0 spiro atoms. The van der Waals surface area contributed by atoms with E-state index in [1.165, 1.54) is 9.75 Å². The van der Waals surface area contributed by atoms with Crippen molar-refractivity contribution in [2.75, 3.05) is 0 Å². The first kappa shape index (κ1) is 12.6. The van der Waals surface area contributed by atoms with Crippen LogP contribution in [0.1, 0.15) is 41.9 Å². The van der Waals surface area contributed by atoms with Gasteiger partial charge in [0.05, 0.1) is 6.54 Å². The van der Waals surface area contributed by atoms with Gasteiger partial charge in [0.15, 0.2) is 0 Å². The number of aryl methyl sites for hydroxylation is 1. The third-order valence-electron chi connectivity index (χ3n) is 3.37. The lowest BCUT2D eigenvalue weighted by Gasteiger charge is -2.22. The van der Waals surface area contributed by atoms with Crippen LogP contribution in [-0.4, -0.2) is 11.4 Å². The second kappa shape index (κ2) is 5.19. The van der Waals surface area contributed by atoms with Crippen LogP contribution in [0, 0.1) is 6.92 Å². The maximum Gasteiger partial charge on any atom is 0.222 e. The third kappa shape index (κ3) is 3.54. The second-order valence-corrected chi connectivity index (χ2v) is 6.41. The minimum absolute atomic E-state index is 0.0838. The van der Waals surface area contributed by atoms with Gasteiger partial charge in [-0.1, -0.05) is 12.8 Å². The molecule has 3 nitrogen and oxygen atoms in total. The SMILES string of the molecule is Cc1ccc(CNC(=O)CC2(N)CCCC2)s1. The Morgan fingerprint density at radius 3 is 2.76 bits per heavy atom. The molecule has 0 bridgehead atoms. The number of hydrogen-bond donors (Lipinski definition) is 2. The molecule has 1 saturated carbocycles. The highest BCUT2D eigenvalue weighted by Crippen LogP contribution is 2.29. The first-order chi connectivity index (χ1) is 8.07. The molecule has 1 aromatic heterocycles. The first-order valence-electron chi connectivity index (χ1n) is 6.18. The molecule has 1 aliphatic rings. The number of nitrogens with two attached hydrogens (primary N) is 1. The highest BCUT2D eigenvalue weighted by molar-refractivity contribution is 7.11. The van der Waals surface area contributed by atoms with Gasteiger partial charge in [0.1, 0.15) is 0 Å². The fourth-order valence-electron chi connectivity index (χ4n) is 2.40. The minimum Gasteiger partial charge on any atom is -0.351 e. The molecule has 1 fully saturated rings. The number of carbonyl (C=O) groups excluding carboxylic acids is 1. The Hall–Kier alpha value is -0.870. The lowest BCUT2D eigenvalue weighted by Crippen LogP contribution is -2.41. The van der Waals surface area contributed by atoms with Gasteiger partial charge in [-0.25, -0.2) is 0 Å². The van der Waals surface area contributed by atoms with Gasteiger partial charge >= 0.3 is 0 Å². The van der Waals surface area contributed by atoms with Crippen molar-refractivity contribution in [1.29, 1.82) is 0 Å². The summed E-state index contributed by atoms with van der Waals surface area (Å²) in [5, 5.41) is 2.96. The van der Waals surface area contributed by atoms with Crippen LogP contribution in [0.5, 0.6) is 0 Å². The zero-order valence-electron chi connectivity index (χ0n) is 10.3. The summed E-state index contributed by atoms with van der Waals surface area (Å²) >= 11 is 1.73. The number of rotatable bonds is 4. The van der Waals surface area contributed by atoms with E-state index >= 15 is 0 Å². The molecule has 17 heavy (non-hydrogen) atoms. The van der Waals surface area contributed by atoms with Gasteiger partial charge in [-0.15, -0.1) is 11.3 Å². The maximum atomic E-state index is 11.8. The summed E-state index contributed by atoms with van der Waals surface area (Å²) in [5.41, 5.74) is 5.93. The lowest BCUT2D eigenvalue weighted by atomic mass is 9.94. The highest BCUT2D eigenvalue weighted by atomic mass is 32.1. The van der Waals surface area contributed by atoms with Crippen LogP contribution in [0.4, 0.5) is 0 Å². The van der Waals surface area contributed by atoms with Gasteiger partial charge in [-0.3, -0.25) is 4.79 Å². The van der Waals surface area contributed by atoms with Crippen LogP contribution in [0.25, 0.3) is 0 Å². The molecule has 1 aromatic rings. The van der Waals surface area contributed by atoms with Crippen LogP contribution >= 0.6 is 11.3 Å². The van der Waals surface area contributed by atoms with Crippen molar-refractivity contribution in [1.82, 2.24) is 5.32 Å². The molecule has 2 rings (SSSR count). The number of hydrogen-bond acceptors (Lipinski definition) is 3. The zero-order chi connectivity index (χ0) is 12.3. The Morgan fingerprint density at radius 2 is 2.18 bits per heavy atom. The highest BCUT2D eigenvalue weighted by Gasteiger charge is 2.31. The van der Waals surface area contributed by atoms with E-state index < -0.39 is 0 Å². The average Bonchev–Trinajstić information content (AvgIpc) is 2.85. The second-order valence-electron chi connectivity index (χ2n) is 5.04. The molecule has 0 radical (unpaired) electrons. The molecule has 3 N–H and O–H groups in total. The van der Waals surface area contributed by atoms with Crippen molar-refractivity contribution < 1.29 is 4.79 Å². The van der Waals surface area contributed by atoms with E-state index in [0.717, 1.165) is 25.7 Å². The quantitative estimate of drug-likeness (QED) is 0.864. The monoisotopic (exact) mass is 252 g/mol. The Kier molecular flexibility index (Phi) is 3.84. The average molecular weight is 252 g/mol. The summed E-state index contributed by atoms with van der Waals surface area (Å²) < 4.78 is 0. The van der Waals surface area contributed by atoms with E-state index in [9.17, 15) is 4.79 Å². The third-order valence-corrected chi connectivity index (χ3v) is 4.37. The molecular formula is C13H20N2OS. The van der Waals surface area contributed by atoms with Crippen molar-refractivity contribution in [2.24, 2.45) is 5.73 Å². The van der Waals surface area contributed by atoms with Crippen LogP contribution in [-0.2, 0) is 11.3 Å². The van der Waals surface area contributed by atoms with Gasteiger partial charge in [0.25, 0.3) is 0 Å². The summed E-state index contributed by atoms with van der Waals surface area (Å²) in [5.74, 6) is 0.0838. The van der Waals surface area contributed by atoms with Crippen LogP contribution in [0.3, 0.4) is 0 Å². The van der Waals surface area contributed by atoms with Gasteiger partial charge in [0, 0.05) is 21.7 Å². The largest absolute Gasteiger partial charge is 0.351 e. The van der Waals surface area contributed by atoms with Crippen LogP contribution in [0.2, 0.25) is 0 Å². The Balaban J connectivity index is 1.77. The molecule has 0 unspecified atom stereocenters. The molecule has 1 heterocycles. The van der Waals surface area contributed by atoms with Crippen molar-refractivity contribution >= 4 is 17.2 Å². The van der Waals surface area contributed by atoms with E-state index in [1.54, 1.807) is 11.3 Å². The maximum absolute atomic E-state index is 11.8. The fourth-order valence-corrected chi connectivity index (χ4v) is 3.23. The number of nitrogens with one attached hydrogen (secondary N) is 1. The summed E-state index contributed by atoms with van der Waals surface area (Å²) in [6, 6.07) is 4.14. The zero-order valence-corrected chi connectivity index (χ0v) is 11.1. The Bertz CT molecular complexity index is 394. The number of thiophene rings is 1. The Labute approximate surface area is 106 Å². The predicted molar refractivity (Wildman–Crippen MR) is 70.9 cm³/mol. The normalized spacial score (nSPS) is 18.2. The molecule has 94 valence electrons. The van der Waals surface area contributed by atoms with Crippen molar-refractivity contribution in [2.45, 2.75) is 51.1 Å². The van der Waals surface area contributed by atoms with Crippen molar-refractivity contribution in [3.05, 3.63) is 21.9 Å². The molecule has 0 aliphatic heterocycles. The molecular weight excluding hydrogens is 232 g/mol. The molecule has 0 saturated heterocycles. The van der Waals surface area contributed by atoms with E-state index in [0.29, 0.717) is 13.0 Å². The fraction of sp³-hybridized carbons (Fsp3) is 0.615. The topological polar surface area (TPSA) is 55.1 Å². The van der Waals surface area contributed by atoms with Gasteiger partial charge < -0.3 is 11.1 Å². The standard InChI is InChI=1S/C13H20N2OS/c1-10-4-5-11(17-10)9-15-12(16)8-13(14)6-2-3-7-13/h4-5H,2-3,6-9,14H2,1H3,(H,15,16). The summed E-state index contributed by atoms with van der Waals surface area (Å²) in [6.07, 6.45) is 4.76. The molecule has 0 aromatic carbocycles. The predicted octanol–water partition coefficient (Wildman–Crippen LogP) is 2.33. The summed E-state index contributed by atoms with van der Waals surface area (Å²) in [4.78, 5) is 14.3.